The van der Waals surface area contributed by atoms with Crippen LogP contribution in [-0.2, 0) is 6.54 Å². The lowest BCUT2D eigenvalue weighted by molar-refractivity contribution is 0.728. The summed E-state index contributed by atoms with van der Waals surface area (Å²) in [5, 5.41) is 4.15. The predicted molar refractivity (Wildman–Crippen MR) is 79.0 cm³/mol. The van der Waals surface area contributed by atoms with Gasteiger partial charge in [0.1, 0.15) is 0 Å². The lowest BCUT2D eigenvalue weighted by atomic mass is 9.98. The number of halogens is 1. The first-order chi connectivity index (χ1) is 8.70. The molecule has 0 radical (unpaired) electrons. The maximum absolute atomic E-state index is 6.12. The van der Waals surface area contributed by atoms with Crippen molar-refractivity contribution < 1.29 is 0 Å². The molecule has 0 aliphatic carbocycles. The van der Waals surface area contributed by atoms with Crippen molar-refractivity contribution >= 4 is 11.6 Å². The van der Waals surface area contributed by atoms with Gasteiger partial charge in [0, 0.05) is 11.6 Å². The fourth-order valence-electron chi connectivity index (χ4n) is 2.04. The molecule has 0 fully saturated rings. The molecule has 1 N–H and O–H groups in total. The van der Waals surface area contributed by atoms with Crippen LogP contribution >= 0.6 is 11.6 Å². The predicted octanol–water partition coefficient (Wildman–Crippen LogP) is 4.42. The van der Waals surface area contributed by atoms with Crippen LogP contribution in [0.2, 0.25) is 5.02 Å². The highest BCUT2D eigenvalue weighted by molar-refractivity contribution is 6.30. The zero-order chi connectivity index (χ0) is 13.0. The third kappa shape index (κ3) is 3.12. The largest absolute Gasteiger partial charge is 0.313 e. The van der Waals surface area contributed by atoms with Gasteiger partial charge in [-0.2, -0.15) is 0 Å². The van der Waals surface area contributed by atoms with E-state index >= 15 is 0 Å². The highest BCUT2D eigenvalue weighted by atomic mass is 35.5. The summed E-state index contributed by atoms with van der Waals surface area (Å²) in [5.74, 6) is 0. The van der Waals surface area contributed by atoms with E-state index in [4.69, 9.17) is 11.6 Å². The third-order valence-electron chi connectivity index (χ3n) is 2.97. The molecule has 18 heavy (non-hydrogen) atoms. The topological polar surface area (TPSA) is 12.0 Å². The normalized spacial score (nSPS) is 10.6. The zero-order valence-corrected chi connectivity index (χ0v) is 11.6. The van der Waals surface area contributed by atoms with Crippen LogP contribution < -0.4 is 5.32 Å². The minimum atomic E-state index is 0.784. The number of benzene rings is 2. The van der Waals surface area contributed by atoms with Crippen LogP contribution in [0.3, 0.4) is 0 Å². The summed E-state index contributed by atoms with van der Waals surface area (Å²) in [5.41, 5.74) is 4.99. The van der Waals surface area contributed by atoms with Crippen molar-refractivity contribution in [3.05, 3.63) is 58.6 Å². The minimum absolute atomic E-state index is 0.784. The molecule has 0 aliphatic rings. The van der Waals surface area contributed by atoms with E-state index in [-0.39, 0.29) is 0 Å². The molecular formula is C16H18ClN. The number of rotatable bonds is 4. The third-order valence-corrected chi connectivity index (χ3v) is 3.20. The second-order valence-corrected chi connectivity index (χ2v) is 4.89. The molecule has 2 rings (SSSR count). The molecular weight excluding hydrogens is 242 g/mol. The van der Waals surface area contributed by atoms with E-state index in [2.05, 4.69) is 49.5 Å². The standard InChI is InChI=1S/C16H18ClN/c1-3-18-11-14-7-8-15(17)10-16(14)13-6-4-5-12(2)9-13/h4-10,18H,3,11H2,1-2H3. The van der Waals surface area contributed by atoms with Crippen LogP contribution in [0.15, 0.2) is 42.5 Å². The summed E-state index contributed by atoms with van der Waals surface area (Å²) in [6.07, 6.45) is 0. The molecule has 0 unspecified atom stereocenters. The van der Waals surface area contributed by atoms with Gasteiger partial charge in [0.05, 0.1) is 0 Å². The molecule has 0 amide bonds. The van der Waals surface area contributed by atoms with Crippen LogP contribution in [0.1, 0.15) is 18.1 Å². The number of hydrogen-bond acceptors (Lipinski definition) is 1. The Morgan fingerprint density at radius 2 is 1.94 bits per heavy atom. The number of hydrogen-bond donors (Lipinski definition) is 1. The molecule has 1 nitrogen and oxygen atoms in total. The fraction of sp³-hybridized carbons (Fsp3) is 0.250. The van der Waals surface area contributed by atoms with Crippen LogP contribution in [-0.4, -0.2) is 6.54 Å². The van der Waals surface area contributed by atoms with Gasteiger partial charge < -0.3 is 5.32 Å². The van der Waals surface area contributed by atoms with E-state index in [1.54, 1.807) is 0 Å². The average molecular weight is 260 g/mol. The zero-order valence-electron chi connectivity index (χ0n) is 10.8. The quantitative estimate of drug-likeness (QED) is 0.857. The Labute approximate surface area is 114 Å². The Morgan fingerprint density at radius 1 is 1.11 bits per heavy atom. The SMILES string of the molecule is CCNCc1ccc(Cl)cc1-c1cccc(C)c1. The Kier molecular flexibility index (Phi) is 4.40. The van der Waals surface area contributed by atoms with Gasteiger partial charge in [-0.25, -0.2) is 0 Å². The van der Waals surface area contributed by atoms with E-state index in [1.807, 2.05) is 12.1 Å². The second-order valence-electron chi connectivity index (χ2n) is 4.45. The van der Waals surface area contributed by atoms with Crippen molar-refractivity contribution in [1.82, 2.24) is 5.32 Å². The summed E-state index contributed by atoms with van der Waals surface area (Å²) in [4.78, 5) is 0. The Morgan fingerprint density at radius 3 is 2.67 bits per heavy atom. The van der Waals surface area contributed by atoms with Crippen molar-refractivity contribution in [2.45, 2.75) is 20.4 Å². The van der Waals surface area contributed by atoms with Gasteiger partial charge in [0.2, 0.25) is 0 Å². The van der Waals surface area contributed by atoms with Gasteiger partial charge in [-0.05, 0) is 42.3 Å². The Hall–Kier alpha value is -1.31. The van der Waals surface area contributed by atoms with E-state index in [1.165, 1.54) is 22.3 Å². The van der Waals surface area contributed by atoms with E-state index in [0.717, 1.165) is 18.1 Å². The van der Waals surface area contributed by atoms with E-state index in [9.17, 15) is 0 Å². The molecule has 94 valence electrons. The molecule has 0 bridgehead atoms. The highest BCUT2D eigenvalue weighted by Gasteiger charge is 2.06. The monoisotopic (exact) mass is 259 g/mol. The minimum Gasteiger partial charge on any atom is -0.313 e. The fourth-order valence-corrected chi connectivity index (χ4v) is 2.22. The molecule has 0 spiro atoms. The lowest BCUT2D eigenvalue weighted by Crippen LogP contribution is -2.12. The second kappa shape index (κ2) is 6.03. The van der Waals surface area contributed by atoms with Gasteiger partial charge in [0.15, 0.2) is 0 Å². The molecule has 2 aromatic carbocycles. The van der Waals surface area contributed by atoms with Crippen molar-refractivity contribution in [2.75, 3.05) is 6.54 Å². The van der Waals surface area contributed by atoms with Gasteiger partial charge in [-0.1, -0.05) is 54.4 Å². The van der Waals surface area contributed by atoms with Crippen molar-refractivity contribution in [3.8, 4) is 11.1 Å². The van der Waals surface area contributed by atoms with Gasteiger partial charge in [0.25, 0.3) is 0 Å². The summed E-state index contributed by atoms with van der Waals surface area (Å²) >= 11 is 6.12. The summed E-state index contributed by atoms with van der Waals surface area (Å²) in [6, 6.07) is 14.6. The highest BCUT2D eigenvalue weighted by Crippen LogP contribution is 2.27. The molecule has 0 atom stereocenters. The van der Waals surface area contributed by atoms with Gasteiger partial charge in [-0.3, -0.25) is 0 Å². The maximum atomic E-state index is 6.12. The molecule has 0 aromatic heterocycles. The molecule has 0 saturated heterocycles. The Bertz CT molecular complexity index is 534. The molecule has 2 aromatic rings. The van der Waals surface area contributed by atoms with Gasteiger partial charge in [-0.15, -0.1) is 0 Å². The first kappa shape index (κ1) is 13.1. The summed E-state index contributed by atoms with van der Waals surface area (Å²) < 4.78 is 0. The van der Waals surface area contributed by atoms with Crippen LogP contribution in [0.25, 0.3) is 11.1 Å². The van der Waals surface area contributed by atoms with Crippen molar-refractivity contribution in [3.63, 3.8) is 0 Å². The van der Waals surface area contributed by atoms with Crippen LogP contribution in [0, 0.1) is 6.92 Å². The van der Waals surface area contributed by atoms with Crippen LogP contribution in [0.4, 0.5) is 0 Å². The van der Waals surface area contributed by atoms with Gasteiger partial charge >= 0.3 is 0 Å². The molecule has 0 heterocycles. The lowest BCUT2D eigenvalue weighted by Gasteiger charge is -2.11. The molecule has 2 heteroatoms. The van der Waals surface area contributed by atoms with Crippen molar-refractivity contribution in [1.29, 1.82) is 0 Å². The number of nitrogens with one attached hydrogen (secondary N) is 1. The summed E-state index contributed by atoms with van der Waals surface area (Å²) in [6.45, 7) is 6.06. The average Bonchev–Trinajstić information content (AvgIpc) is 2.37. The first-order valence-corrected chi connectivity index (χ1v) is 6.64. The molecule has 0 saturated carbocycles. The first-order valence-electron chi connectivity index (χ1n) is 6.27. The number of aryl methyl sites for hydroxylation is 1. The maximum Gasteiger partial charge on any atom is 0.0412 e. The smallest absolute Gasteiger partial charge is 0.0412 e. The van der Waals surface area contributed by atoms with Crippen molar-refractivity contribution in [2.24, 2.45) is 0 Å². The van der Waals surface area contributed by atoms with E-state index in [0.29, 0.717) is 0 Å². The summed E-state index contributed by atoms with van der Waals surface area (Å²) in [7, 11) is 0. The van der Waals surface area contributed by atoms with Crippen LogP contribution in [0.5, 0.6) is 0 Å². The van der Waals surface area contributed by atoms with E-state index < -0.39 is 0 Å². The molecule has 0 aliphatic heterocycles. The Balaban J connectivity index is 2.44.